The Kier molecular flexibility index (Phi) is 6.29. The molecule has 1 amide bonds. The maximum Gasteiger partial charge on any atom is 0.228 e. The average molecular weight is 269 g/mol. The molecule has 0 fully saturated rings. The number of thiazole rings is 1. The lowest BCUT2D eigenvalue weighted by atomic mass is 10.1. The van der Waals surface area contributed by atoms with Crippen LogP contribution in [-0.4, -0.2) is 17.4 Å². The van der Waals surface area contributed by atoms with E-state index in [0.29, 0.717) is 5.13 Å². The van der Waals surface area contributed by atoms with E-state index in [9.17, 15) is 4.79 Å². The molecule has 0 aliphatic carbocycles. The summed E-state index contributed by atoms with van der Waals surface area (Å²) in [5, 5.41) is 8.88. The van der Waals surface area contributed by atoms with Crippen LogP contribution in [-0.2, 0) is 4.79 Å². The first-order valence-corrected chi connectivity index (χ1v) is 7.46. The van der Waals surface area contributed by atoms with Crippen molar-refractivity contribution in [3.63, 3.8) is 0 Å². The Balaban J connectivity index is 2.56. The first kappa shape index (κ1) is 15.1. The molecule has 2 unspecified atom stereocenters. The lowest BCUT2D eigenvalue weighted by Gasteiger charge is -2.09. The standard InChI is InChI=1S/C13H23N3OS/c1-5-7-9(3)12(17)16-13-15-11(8-18-13)10(4)14-6-2/h8-10,14H,5-7H2,1-4H3,(H,15,16,17). The third-order valence-corrected chi connectivity index (χ3v) is 3.65. The number of rotatable bonds is 7. The second-order valence-corrected chi connectivity index (χ2v) is 5.39. The van der Waals surface area contributed by atoms with E-state index >= 15 is 0 Å². The Morgan fingerprint density at radius 3 is 2.78 bits per heavy atom. The second kappa shape index (κ2) is 7.48. The molecule has 1 rings (SSSR count). The van der Waals surface area contributed by atoms with Crippen molar-refractivity contribution in [2.75, 3.05) is 11.9 Å². The number of carbonyl (C=O) groups excluding carboxylic acids is 1. The molecule has 0 radical (unpaired) electrons. The fourth-order valence-electron chi connectivity index (χ4n) is 1.75. The molecule has 102 valence electrons. The lowest BCUT2D eigenvalue weighted by Crippen LogP contribution is -2.21. The highest BCUT2D eigenvalue weighted by atomic mass is 32.1. The molecule has 1 aromatic rings. The van der Waals surface area contributed by atoms with E-state index in [1.54, 1.807) is 0 Å². The SMILES string of the molecule is CCCC(C)C(=O)Nc1nc(C(C)NCC)cs1. The van der Waals surface area contributed by atoms with Gasteiger partial charge >= 0.3 is 0 Å². The maximum absolute atomic E-state index is 11.8. The summed E-state index contributed by atoms with van der Waals surface area (Å²) in [6.45, 7) is 9.09. The fourth-order valence-corrected chi connectivity index (χ4v) is 2.55. The topological polar surface area (TPSA) is 54.0 Å². The minimum Gasteiger partial charge on any atom is -0.309 e. The van der Waals surface area contributed by atoms with Gasteiger partial charge in [-0.15, -0.1) is 11.3 Å². The van der Waals surface area contributed by atoms with Gasteiger partial charge in [-0.25, -0.2) is 4.98 Å². The first-order chi connectivity index (χ1) is 8.58. The van der Waals surface area contributed by atoms with Gasteiger partial charge in [0.15, 0.2) is 5.13 Å². The summed E-state index contributed by atoms with van der Waals surface area (Å²) in [5.74, 6) is 0.113. The molecular formula is C13H23N3OS. The van der Waals surface area contributed by atoms with Crippen molar-refractivity contribution in [3.8, 4) is 0 Å². The maximum atomic E-state index is 11.8. The Morgan fingerprint density at radius 2 is 2.17 bits per heavy atom. The van der Waals surface area contributed by atoms with Crippen LogP contribution in [0.3, 0.4) is 0 Å². The van der Waals surface area contributed by atoms with Gasteiger partial charge < -0.3 is 10.6 Å². The third kappa shape index (κ3) is 4.38. The van der Waals surface area contributed by atoms with Gasteiger partial charge in [0.1, 0.15) is 0 Å². The number of amides is 1. The predicted octanol–water partition coefficient (Wildman–Crippen LogP) is 3.19. The minimum absolute atomic E-state index is 0.0496. The summed E-state index contributed by atoms with van der Waals surface area (Å²) in [4.78, 5) is 16.3. The van der Waals surface area contributed by atoms with Crippen LogP contribution in [0, 0.1) is 5.92 Å². The molecule has 4 nitrogen and oxygen atoms in total. The third-order valence-electron chi connectivity index (χ3n) is 2.88. The molecule has 2 N–H and O–H groups in total. The summed E-state index contributed by atoms with van der Waals surface area (Å²) in [6.07, 6.45) is 1.94. The van der Waals surface area contributed by atoms with E-state index in [0.717, 1.165) is 25.1 Å². The smallest absolute Gasteiger partial charge is 0.228 e. The number of anilines is 1. The zero-order valence-corrected chi connectivity index (χ0v) is 12.4. The Labute approximate surface area is 113 Å². The van der Waals surface area contributed by atoms with Crippen LogP contribution in [0.5, 0.6) is 0 Å². The Morgan fingerprint density at radius 1 is 1.44 bits per heavy atom. The van der Waals surface area contributed by atoms with Crippen LogP contribution in [0.15, 0.2) is 5.38 Å². The Hall–Kier alpha value is -0.940. The number of aromatic nitrogens is 1. The molecule has 0 spiro atoms. The zero-order valence-electron chi connectivity index (χ0n) is 11.6. The summed E-state index contributed by atoms with van der Waals surface area (Å²) >= 11 is 1.48. The quantitative estimate of drug-likeness (QED) is 0.799. The fraction of sp³-hybridized carbons (Fsp3) is 0.692. The Bertz CT molecular complexity index is 378. The molecule has 2 atom stereocenters. The monoisotopic (exact) mass is 269 g/mol. The van der Waals surface area contributed by atoms with Gasteiger partial charge in [0.05, 0.1) is 5.69 Å². The van der Waals surface area contributed by atoms with Crippen molar-refractivity contribution in [1.82, 2.24) is 10.3 Å². The number of carbonyl (C=O) groups is 1. The van der Waals surface area contributed by atoms with E-state index < -0.39 is 0 Å². The largest absolute Gasteiger partial charge is 0.309 e. The molecule has 0 saturated carbocycles. The number of hydrogen-bond acceptors (Lipinski definition) is 4. The van der Waals surface area contributed by atoms with Gasteiger partial charge in [-0.1, -0.05) is 27.2 Å². The van der Waals surface area contributed by atoms with E-state index in [2.05, 4.69) is 36.4 Å². The van der Waals surface area contributed by atoms with Crippen LogP contribution in [0.2, 0.25) is 0 Å². The molecule has 0 aromatic carbocycles. The highest BCUT2D eigenvalue weighted by Crippen LogP contribution is 2.21. The van der Waals surface area contributed by atoms with Crippen molar-refractivity contribution < 1.29 is 4.79 Å². The first-order valence-electron chi connectivity index (χ1n) is 6.58. The molecular weight excluding hydrogens is 246 g/mol. The van der Waals surface area contributed by atoms with Crippen molar-refractivity contribution in [1.29, 1.82) is 0 Å². The zero-order chi connectivity index (χ0) is 13.5. The summed E-state index contributed by atoms with van der Waals surface area (Å²) in [5.41, 5.74) is 0.986. The predicted molar refractivity (Wildman–Crippen MR) is 76.9 cm³/mol. The van der Waals surface area contributed by atoms with E-state index in [1.165, 1.54) is 11.3 Å². The van der Waals surface area contributed by atoms with E-state index in [-0.39, 0.29) is 17.9 Å². The highest BCUT2D eigenvalue weighted by molar-refractivity contribution is 7.13. The molecule has 0 aliphatic heterocycles. The summed E-state index contributed by atoms with van der Waals surface area (Å²) in [6, 6.07) is 0.227. The molecule has 0 saturated heterocycles. The van der Waals surface area contributed by atoms with Crippen LogP contribution in [0.1, 0.15) is 52.3 Å². The number of nitrogens with zero attached hydrogens (tertiary/aromatic N) is 1. The van der Waals surface area contributed by atoms with Gasteiger partial charge in [-0.05, 0) is 19.9 Å². The van der Waals surface area contributed by atoms with Gasteiger partial charge in [0.25, 0.3) is 0 Å². The van der Waals surface area contributed by atoms with Crippen LogP contribution in [0.4, 0.5) is 5.13 Å². The number of hydrogen-bond donors (Lipinski definition) is 2. The van der Waals surface area contributed by atoms with Gasteiger partial charge in [-0.2, -0.15) is 0 Å². The van der Waals surface area contributed by atoms with Gasteiger partial charge in [0, 0.05) is 17.3 Å². The molecule has 1 heterocycles. The summed E-state index contributed by atoms with van der Waals surface area (Å²) < 4.78 is 0. The van der Waals surface area contributed by atoms with Gasteiger partial charge in [0.2, 0.25) is 5.91 Å². The average Bonchev–Trinajstić information content (AvgIpc) is 2.78. The molecule has 5 heteroatoms. The second-order valence-electron chi connectivity index (χ2n) is 4.54. The van der Waals surface area contributed by atoms with Crippen molar-refractivity contribution >= 4 is 22.4 Å². The van der Waals surface area contributed by atoms with Crippen molar-refractivity contribution in [2.24, 2.45) is 5.92 Å². The number of nitrogens with one attached hydrogen (secondary N) is 2. The molecule has 18 heavy (non-hydrogen) atoms. The summed E-state index contributed by atoms with van der Waals surface area (Å²) in [7, 11) is 0. The molecule has 0 aliphatic rings. The van der Waals surface area contributed by atoms with Crippen molar-refractivity contribution in [3.05, 3.63) is 11.1 Å². The van der Waals surface area contributed by atoms with E-state index in [1.807, 2.05) is 12.3 Å². The molecule has 0 bridgehead atoms. The van der Waals surface area contributed by atoms with Gasteiger partial charge in [-0.3, -0.25) is 4.79 Å². The lowest BCUT2D eigenvalue weighted by molar-refractivity contribution is -0.119. The molecule has 1 aromatic heterocycles. The van der Waals surface area contributed by atoms with Crippen LogP contribution < -0.4 is 10.6 Å². The van der Waals surface area contributed by atoms with Crippen molar-refractivity contribution in [2.45, 2.75) is 46.6 Å². The highest BCUT2D eigenvalue weighted by Gasteiger charge is 2.15. The van der Waals surface area contributed by atoms with E-state index in [4.69, 9.17) is 0 Å². The normalized spacial score (nSPS) is 14.2. The minimum atomic E-state index is 0.0496. The van der Waals surface area contributed by atoms with Crippen LogP contribution in [0.25, 0.3) is 0 Å². The van der Waals surface area contributed by atoms with Crippen LogP contribution >= 0.6 is 11.3 Å².